The monoisotopic (exact) mass is 373 g/mol. The zero-order valence-corrected chi connectivity index (χ0v) is 15.3. The first-order valence-corrected chi connectivity index (χ1v) is 9.49. The third-order valence-electron chi connectivity index (χ3n) is 3.73. The van der Waals surface area contributed by atoms with Crippen LogP contribution in [0, 0.1) is 6.92 Å². The lowest BCUT2D eigenvalue weighted by atomic mass is 10.2. The van der Waals surface area contributed by atoms with Gasteiger partial charge in [0.05, 0.1) is 12.0 Å². The Balaban J connectivity index is 1.63. The van der Waals surface area contributed by atoms with Crippen molar-refractivity contribution in [3.63, 3.8) is 0 Å². The van der Waals surface area contributed by atoms with Crippen molar-refractivity contribution in [2.45, 2.75) is 18.2 Å². The van der Waals surface area contributed by atoms with Crippen LogP contribution in [0.25, 0.3) is 11.4 Å². The smallest absolute Gasteiger partial charge is 0.240 e. The van der Waals surface area contributed by atoms with E-state index >= 15 is 0 Å². The fourth-order valence-electron chi connectivity index (χ4n) is 2.39. The number of rotatable bonds is 7. The van der Waals surface area contributed by atoms with Crippen LogP contribution in [0.15, 0.2) is 57.9 Å². The van der Waals surface area contributed by atoms with E-state index in [0.29, 0.717) is 23.9 Å². The van der Waals surface area contributed by atoms with Gasteiger partial charge in [-0.15, -0.1) is 0 Å². The highest BCUT2D eigenvalue weighted by Crippen LogP contribution is 2.21. The van der Waals surface area contributed by atoms with Gasteiger partial charge in [0.1, 0.15) is 5.75 Å². The van der Waals surface area contributed by atoms with Crippen molar-refractivity contribution in [1.29, 1.82) is 0 Å². The SMILES string of the molecule is COc1cccc(-c2noc(CCNS(=O)(=O)c3cccc(C)c3)n2)c1. The molecule has 0 aliphatic carbocycles. The molecule has 7 nitrogen and oxygen atoms in total. The maximum absolute atomic E-state index is 12.3. The minimum absolute atomic E-state index is 0.163. The van der Waals surface area contributed by atoms with Crippen LogP contribution >= 0.6 is 0 Å². The molecule has 0 saturated carbocycles. The Kier molecular flexibility index (Phi) is 5.34. The number of benzene rings is 2. The van der Waals surface area contributed by atoms with Crippen LogP contribution in [0.4, 0.5) is 0 Å². The van der Waals surface area contributed by atoms with E-state index in [2.05, 4.69) is 14.9 Å². The van der Waals surface area contributed by atoms with Crippen molar-refractivity contribution in [2.75, 3.05) is 13.7 Å². The second-order valence-corrected chi connectivity index (χ2v) is 7.47. The summed E-state index contributed by atoms with van der Waals surface area (Å²) in [6, 6.07) is 14.0. The van der Waals surface area contributed by atoms with Crippen LogP contribution in [-0.2, 0) is 16.4 Å². The van der Waals surface area contributed by atoms with E-state index in [-0.39, 0.29) is 11.4 Å². The second-order valence-electron chi connectivity index (χ2n) is 5.71. The molecule has 3 aromatic rings. The minimum atomic E-state index is -3.56. The minimum Gasteiger partial charge on any atom is -0.497 e. The van der Waals surface area contributed by atoms with E-state index in [9.17, 15) is 8.42 Å². The Bertz CT molecular complexity index is 999. The number of sulfonamides is 1. The molecule has 0 atom stereocenters. The molecular weight excluding hydrogens is 354 g/mol. The van der Waals surface area contributed by atoms with E-state index < -0.39 is 10.0 Å². The summed E-state index contributed by atoms with van der Waals surface area (Å²) < 4.78 is 37.5. The number of nitrogens with zero attached hydrogens (tertiary/aromatic N) is 2. The van der Waals surface area contributed by atoms with E-state index in [0.717, 1.165) is 11.1 Å². The maximum Gasteiger partial charge on any atom is 0.240 e. The van der Waals surface area contributed by atoms with Gasteiger partial charge in [-0.25, -0.2) is 13.1 Å². The Morgan fingerprint density at radius 3 is 2.73 bits per heavy atom. The number of ether oxygens (including phenoxy) is 1. The molecule has 3 rings (SSSR count). The summed E-state index contributed by atoms with van der Waals surface area (Å²) in [5, 5.41) is 3.93. The van der Waals surface area contributed by atoms with Gasteiger partial charge in [0.25, 0.3) is 0 Å². The molecule has 0 saturated heterocycles. The van der Waals surface area contributed by atoms with Crippen molar-refractivity contribution >= 4 is 10.0 Å². The molecule has 1 N–H and O–H groups in total. The van der Waals surface area contributed by atoms with Gasteiger partial charge in [0.15, 0.2) is 0 Å². The van der Waals surface area contributed by atoms with Crippen LogP contribution in [0.5, 0.6) is 5.75 Å². The predicted octanol–water partition coefficient (Wildman–Crippen LogP) is 2.57. The third kappa shape index (κ3) is 4.27. The van der Waals surface area contributed by atoms with Gasteiger partial charge in [0, 0.05) is 18.5 Å². The van der Waals surface area contributed by atoms with Gasteiger partial charge >= 0.3 is 0 Å². The molecule has 0 fully saturated rings. The maximum atomic E-state index is 12.3. The first kappa shape index (κ1) is 18.1. The molecule has 0 bridgehead atoms. The topological polar surface area (TPSA) is 94.3 Å². The Morgan fingerprint density at radius 2 is 1.96 bits per heavy atom. The highest BCUT2D eigenvalue weighted by Gasteiger charge is 2.15. The molecule has 2 aromatic carbocycles. The second kappa shape index (κ2) is 7.67. The average molecular weight is 373 g/mol. The largest absolute Gasteiger partial charge is 0.497 e. The van der Waals surface area contributed by atoms with Crippen molar-refractivity contribution in [3.05, 3.63) is 60.0 Å². The van der Waals surface area contributed by atoms with Gasteiger partial charge in [-0.3, -0.25) is 0 Å². The summed E-state index contributed by atoms with van der Waals surface area (Å²) in [5.41, 5.74) is 1.65. The molecule has 26 heavy (non-hydrogen) atoms. The van der Waals surface area contributed by atoms with E-state index in [4.69, 9.17) is 9.26 Å². The van der Waals surface area contributed by atoms with Crippen LogP contribution in [0.3, 0.4) is 0 Å². The van der Waals surface area contributed by atoms with Crippen molar-refractivity contribution in [3.8, 4) is 17.1 Å². The molecule has 0 radical (unpaired) electrons. The molecule has 136 valence electrons. The average Bonchev–Trinajstić information content (AvgIpc) is 3.10. The zero-order valence-electron chi connectivity index (χ0n) is 14.5. The Morgan fingerprint density at radius 1 is 1.15 bits per heavy atom. The summed E-state index contributed by atoms with van der Waals surface area (Å²) >= 11 is 0. The number of hydrogen-bond acceptors (Lipinski definition) is 6. The molecule has 1 heterocycles. The van der Waals surface area contributed by atoms with Gasteiger partial charge < -0.3 is 9.26 Å². The van der Waals surface area contributed by atoms with Gasteiger partial charge in [-0.1, -0.05) is 29.4 Å². The van der Waals surface area contributed by atoms with Crippen LogP contribution in [-0.4, -0.2) is 32.2 Å². The number of hydrogen-bond donors (Lipinski definition) is 1. The standard InChI is InChI=1S/C18H19N3O4S/c1-13-5-3-8-16(11-13)26(22,23)19-10-9-17-20-18(21-25-17)14-6-4-7-15(12-14)24-2/h3-8,11-12,19H,9-10H2,1-2H3. The molecule has 1 aromatic heterocycles. The van der Waals surface area contributed by atoms with Crippen molar-refractivity contribution < 1.29 is 17.7 Å². The number of nitrogens with one attached hydrogen (secondary N) is 1. The lowest BCUT2D eigenvalue weighted by molar-refractivity contribution is 0.379. The molecule has 8 heteroatoms. The summed E-state index contributed by atoms with van der Waals surface area (Å²) in [6.07, 6.45) is 0.294. The number of methoxy groups -OCH3 is 1. The lowest BCUT2D eigenvalue weighted by Gasteiger charge is -2.06. The molecule has 0 aliphatic rings. The molecule has 0 spiro atoms. The van der Waals surface area contributed by atoms with E-state index in [1.807, 2.05) is 31.2 Å². The van der Waals surface area contributed by atoms with E-state index in [1.54, 1.807) is 31.4 Å². The third-order valence-corrected chi connectivity index (χ3v) is 5.19. The summed E-state index contributed by atoms with van der Waals surface area (Å²) in [7, 11) is -1.98. The van der Waals surface area contributed by atoms with Crippen molar-refractivity contribution in [2.24, 2.45) is 0 Å². The molecular formula is C18H19N3O4S. The summed E-state index contributed by atoms with van der Waals surface area (Å²) in [4.78, 5) is 4.53. The fourth-order valence-corrected chi connectivity index (χ4v) is 3.53. The quantitative estimate of drug-likeness (QED) is 0.684. The van der Waals surface area contributed by atoms with Crippen molar-refractivity contribution in [1.82, 2.24) is 14.9 Å². The normalized spacial score (nSPS) is 11.5. The summed E-state index contributed by atoms with van der Waals surface area (Å²) in [5.74, 6) is 1.48. The van der Waals surface area contributed by atoms with Crippen LogP contribution < -0.4 is 9.46 Å². The van der Waals surface area contributed by atoms with Gasteiger partial charge in [-0.2, -0.15) is 4.98 Å². The number of aryl methyl sites for hydroxylation is 1. The Labute approximate surface area is 152 Å². The molecule has 0 amide bonds. The molecule has 0 unspecified atom stereocenters. The highest BCUT2D eigenvalue weighted by molar-refractivity contribution is 7.89. The van der Waals surface area contributed by atoms with Crippen LogP contribution in [0.1, 0.15) is 11.5 Å². The lowest BCUT2D eigenvalue weighted by Crippen LogP contribution is -2.26. The number of aromatic nitrogens is 2. The molecule has 0 aliphatic heterocycles. The zero-order chi connectivity index (χ0) is 18.6. The van der Waals surface area contributed by atoms with Gasteiger partial charge in [-0.05, 0) is 36.8 Å². The van der Waals surface area contributed by atoms with Gasteiger partial charge in [0.2, 0.25) is 21.7 Å². The highest BCUT2D eigenvalue weighted by atomic mass is 32.2. The first-order valence-electron chi connectivity index (χ1n) is 8.01. The fraction of sp³-hybridized carbons (Fsp3) is 0.222. The Hall–Kier alpha value is -2.71. The van der Waals surface area contributed by atoms with Crippen LogP contribution in [0.2, 0.25) is 0 Å². The first-order chi connectivity index (χ1) is 12.5. The summed E-state index contributed by atoms with van der Waals surface area (Å²) in [6.45, 7) is 2.01. The predicted molar refractivity (Wildman–Crippen MR) is 96.4 cm³/mol. The van der Waals surface area contributed by atoms with E-state index in [1.165, 1.54) is 0 Å².